The fourth-order valence-electron chi connectivity index (χ4n) is 6.58. The predicted molar refractivity (Wildman–Crippen MR) is 190 cm³/mol. The summed E-state index contributed by atoms with van der Waals surface area (Å²) in [4.78, 5) is 22.7. The van der Waals surface area contributed by atoms with E-state index < -0.39 is 0 Å². The molecule has 4 heterocycles. The van der Waals surface area contributed by atoms with Crippen molar-refractivity contribution in [2.75, 3.05) is 0 Å². The van der Waals surface area contributed by atoms with Gasteiger partial charge in [-0.25, -0.2) is 4.98 Å². The van der Waals surface area contributed by atoms with Crippen LogP contribution >= 0.6 is 11.3 Å². The molecule has 0 spiro atoms. The Kier molecular flexibility index (Phi) is 12.0. The molecule has 46 heavy (non-hydrogen) atoms. The maximum absolute atomic E-state index is 11.7. The van der Waals surface area contributed by atoms with Crippen LogP contribution in [0.3, 0.4) is 0 Å². The van der Waals surface area contributed by atoms with E-state index in [9.17, 15) is 9.90 Å². The quantitative estimate of drug-likeness (QED) is 0.0962. The summed E-state index contributed by atoms with van der Waals surface area (Å²) in [5.74, 6) is 1.79. The monoisotopic (exact) mass is 815 g/mol. The molecule has 0 amide bonds. The van der Waals surface area contributed by atoms with Gasteiger partial charge in [0.15, 0.2) is 5.78 Å². The number of hydrogen-bond acceptors (Lipinski definition) is 5. The zero-order valence-electron chi connectivity index (χ0n) is 28.4. The van der Waals surface area contributed by atoms with Crippen LogP contribution in [-0.2, 0) is 43.3 Å². The van der Waals surface area contributed by atoms with Gasteiger partial charge in [0.25, 0.3) is 0 Å². The second-order valence-electron chi connectivity index (χ2n) is 13.3. The summed E-state index contributed by atoms with van der Waals surface area (Å²) < 4.78 is 3.66. The number of aromatic nitrogens is 3. The Morgan fingerprint density at radius 1 is 1.02 bits per heavy atom. The number of fused-ring (bicyclic) bond motifs is 6. The first-order valence-electron chi connectivity index (χ1n) is 16.8. The Morgan fingerprint density at radius 2 is 1.72 bits per heavy atom. The molecule has 0 unspecified atom stereocenters. The molecule has 1 aliphatic heterocycles. The molecule has 5 nitrogen and oxygen atoms in total. The summed E-state index contributed by atoms with van der Waals surface area (Å²) in [6, 6.07) is 16.7. The summed E-state index contributed by atoms with van der Waals surface area (Å²) in [6.07, 6.45) is 10.4. The van der Waals surface area contributed by atoms with Crippen LogP contribution in [0.25, 0.3) is 42.5 Å². The van der Waals surface area contributed by atoms with Gasteiger partial charge in [-0.2, -0.15) is 0 Å². The summed E-state index contributed by atoms with van der Waals surface area (Å²) in [6.45, 7) is 16.0. The summed E-state index contributed by atoms with van der Waals surface area (Å²) in [5.41, 5.74) is 4.78. The average Bonchev–Trinajstić information content (AvgIpc) is 3.58. The van der Waals surface area contributed by atoms with E-state index in [1.807, 2.05) is 33.9 Å². The van der Waals surface area contributed by atoms with Gasteiger partial charge in [-0.05, 0) is 50.0 Å². The molecule has 247 valence electrons. The number of aryl methyl sites for hydroxylation is 2. The van der Waals surface area contributed by atoms with Crippen LogP contribution in [0.2, 0.25) is 0 Å². The number of imidazole rings is 1. The van der Waals surface area contributed by atoms with Crippen molar-refractivity contribution in [1.29, 1.82) is 0 Å². The number of aliphatic hydroxyl groups excluding tert-OH is 1. The van der Waals surface area contributed by atoms with Crippen LogP contribution in [0.1, 0.15) is 98.4 Å². The Hall–Kier alpha value is -2.86. The van der Waals surface area contributed by atoms with Crippen molar-refractivity contribution >= 4 is 48.3 Å². The molecule has 0 atom stereocenters. The molecule has 2 aromatic carbocycles. The average molecular weight is 815 g/mol. The third kappa shape index (κ3) is 7.32. The van der Waals surface area contributed by atoms with E-state index in [1.54, 1.807) is 11.3 Å². The first-order valence-corrected chi connectivity index (χ1v) is 17.6. The number of carbonyl (C=O) groups is 1. The molecule has 0 fully saturated rings. The number of nitrogens with zero attached hydrogens (tertiary/aromatic N) is 3. The number of aliphatic hydroxyl groups is 1. The minimum absolute atomic E-state index is 0. The Morgan fingerprint density at radius 3 is 2.39 bits per heavy atom. The minimum Gasteiger partial charge on any atom is -0.512 e. The van der Waals surface area contributed by atoms with Gasteiger partial charge in [0, 0.05) is 73.0 Å². The van der Waals surface area contributed by atoms with Crippen molar-refractivity contribution in [2.24, 2.45) is 11.8 Å². The molecule has 0 aliphatic carbocycles. The van der Waals surface area contributed by atoms with Crippen LogP contribution in [0.15, 0.2) is 54.4 Å². The van der Waals surface area contributed by atoms with E-state index in [2.05, 4.69) is 67.8 Å². The van der Waals surface area contributed by atoms with E-state index in [-0.39, 0.29) is 48.9 Å². The predicted octanol–water partition coefficient (Wildman–Crippen LogP) is 10.8. The van der Waals surface area contributed by atoms with Gasteiger partial charge in [0.1, 0.15) is 10.7 Å². The van der Waals surface area contributed by atoms with E-state index in [1.165, 1.54) is 51.3 Å². The fraction of sp³-hybridized carbons (Fsp3) is 0.462. The number of pyridine rings is 1. The normalized spacial score (nSPS) is 13.6. The maximum atomic E-state index is 11.7. The van der Waals surface area contributed by atoms with Crippen molar-refractivity contribution in [2.45, 2.75) is 105 Å². The van der Waals surface area contributed by atoms with Crippen LogP contribution in [0, 0.1) is 17.9 Å². The van der Waals surface area contributed by atoms with Gasteiger partial charge in [-0.3, -0.25) is 9.78 Å². The van der Waals surface area contributed by atoms with Gasteiger partial charge < -0.3 is 9.67 Å². The smallest absolute Gasteiger partial charge is 0.162 e. The van der Waals surface area contributed by atoms with E-state index in [4.69, 9.17) is 9.97 Å². The number of benzene rings is 2. The van der Waals surface area contributed by atoms with E-state index in [0.717, 1.165) is 60.1 Å². The molecule has 7 heteroatoms. The second-order valence-corrected chi connectivity index (χ2v) is 14.3. The van der Waals surface area contributed by atoms with Crippen LogP contribution in [0.5, 0.6) is 0 Å². The zero-order valence-corrected chi connectivity index (χ0v) is 31.6. The number of ketones is 1. The second kappa shape index (κ2) is 15.4. The van der Waals surface area contributed by atoms with Gasteiger partial charge in [0.05, 0.1) is 11.3 Å². The van der Waals surface area contributed by atoms with Gasteiger partial charge >= 0.3 is 0 Å². The molecule has 5 aromatic rings. The number of allylic oxidation sites excluding steroid dienone is 2. The third-order valence-corrected chi connectivity index (χ3v) is 10.4. The van der Waals surface area contributed by atoms with Crippen molar-refractivity contribution in [3.8, 4) is 11.3 Å². The Bertz CT molecular complexity index is 1840. The van der Waals surface area contributed by atoms with Gasteiger partial charge in [-0.15, -0.1) is 40.5 Å². The number of rotatable bonds is 8. The Balaban J connectivity index is 0.000000259. The summed E-state index contributed by atoms with van der Waals surface area (Å²) in [5, 5.41) is 13.5. The molecular formula is C39H48IrN3O2S-. The van der Waals surface area contributed by atoms with Gasteiger partial charge in [-0.1, -0.05) is 77.6 Å². The molecule has 0 bridgehead atoms. The molecule has 1 N–H and O–H groups in total. The maximum Gasteiger partial charge on any atom is 0.162 e. The summed E-state index contributed by atoms with van der Waals surface area (Å²) >= 11 is 1.78. The van der Waals surface area contributed by atoms with Crippen molar-refractivity contribution in [3.63, 3.8) is 0 Å². The Labute approximate surface area is 291 Å². The third-order valence-electron chi connectivity index (χ3n) is 9.33. The van der Waals surface area contributed by atoms with Crippen LogP contribution in [-0.4, -0.2) is 25.4 Å². The van der Waals surface area contributed by atoms with Crippen molar-refractivity contribution < 1.29 is 30.0 Å². The molecule has 1 radical (unpaired) electrons. The zero-order chi connectivity index (χ0) is 32.3. The SMILES string of the molecule is CC(C)(C)c1cc(-c2nccc3c2sc2nc4n(c23)CCCC4)[c-]c2ccccc12.CCC(CC)C(=O)/C=C(\O)C(CC)CC.[Ir]. The van der Waals surface area contributed by atoms with Crippen LogP contribution < -0.4 is 0 Å². The molecule has 0 saturated heterocycles. The summed E-state index contributed by atoms with van der Waals surface area (Å²) in [7, 11) is 0. The largest absolute Gasteiger partial charge is 0.512 e. The van der Waals surface area contributed by atoms with Crippen molar-refractivity contribution in [3.05, 3.63) is 71.9 Å². The first-order chi connectivity index (χ1) is 21.6. The molecule has 6 rings (SSSR count). The molecule has 3 aromatic heterocycles. The first kappa shape index (κ1) is 36.0. The van der Waals surface area contributed by atoms with E-state index in [0.29, 0.717) is 0 Å². The number of carbonyl (C=O) groups excluding carboxylic acids is 1. The fourth-order valence-corrected chi connectivity index (χ4v) is 7.77. The number of thiophene rings is 1. The van der Waals surface area contributed by atoms with Gasteiger partial charge in [0.2, 0.25) is 0 Å². The molecular weight excluding hydrogens is 767 g/mol. The topological polar surface area (TPSA) is 68.0 Å². The number of hydrogen-bond donors (Lipinski definition) is 1. The minimum atomic E-state index is 0. The van der Waals surface area contributed by atoms with Crippen molar-refractivity contribution in [1.82, 2.24) is 14.5 Å². The molecule has 1 aliphatic rings. The van der Waals surface area contributed by atoms with Crippen LogP contribution in [0.4, 0.5) is 0 Å². The molecule has 0 saturated carbocycles. The standard InChI is InChI=1S/C26H24N3S.C13H24O2.Ir/c1-26(2,3)20-15-17(14-16-8-4-5-9-18(16)20)22-24-19(11-12-27-22)23-25(30-24)28-21-10-6-7-13-29(21)23;1-5-10(6-2)12(14)9-13(15)11(7-3)8-4;/h4-5,8-9,11-12,15H,6-7,10,13H2,1-3H3;9-11,14H,5-8H2,1-4H3;/q-1;;/b;12-9-;. The van der Waals surface area contributed by atoms with E-state index >= 15 is 0 Å².